The van der Waals surface area contributed by atoms with Gasteiger partial charge in [0.05, 0.1) is 18.4 Å². The number of rotatable bonds is 10. The molecular weight excluding hydrogens is 328 g/mol. The van der Waals surface area contributed by atoms with E-state index in [0.717, 1.165) is 32.3 Å². The Morgan fingerprint density at radius 3 is 3.08 bits per heavy atom. The summed E-state index contributed by atoms with van der Waals surface area (Å²) < 4.78 is 7.14. The fourth-order valence-electron chi connectivity index (χ4n) is 2.79. The van der Waals surface area contributed by atoms with Crippen molar-refractivity contribution in [3.8, 4) is 0 Å². The first-order valence-corrected chi connectivity index (χ1v) is 9.77. The van der Waals surface area contributed by atoms with Crippen LogP contribution in [0.1, 0.15) is 52.4 Å². The van der Waals surface area contributed by atoms with Crippen molar-refractivity contribution >= 4 is 17.7 Å². The van der Waals surface area contributed by atoms with Gasteiger partial charge in [-0.2, -0.15) is 0 Å². The first-order chi connectivity index (χ1) is 11.6. The van der Waals surface area contributed by atoms with Gasteiger partial charge in [0.25, 0.3) is 0 Å². The molecule has 136 valence electrons. The molecule has 0 aromatic carbocycles. The Labute approximate surface area is 146 Å². The van der Waals surface area contributed by atoms with Gasteiger partial charge in [0.15, 0.2) is 5.16 Å². The molecule has 2 rings (SSSR count). The highest BCUT2D eigenvalue weighted by molar-refractivity contribution is 7.99. The number of nitrogens with one attached hydrogen (secondary N) is 2. The minimum absolute atomic E-state index is 0.0249. The fraction of sp³-hybridized carbons (Fsp3) is 0.812. The molecule has 0 spiro atoms. The lowest BCUT2D eigenvalue weighted by molar-refractivity contribution is -0.119. The van der Waals surface area contributed by atoms with Crippen molar-refractivity contribution in [1.29, 1.82) is 0 Å². The van der Waals surface area contributed by atoms with E-state index in [0.29, 0.717) is 11.7 Å². The summed E-state index contributed by atoms with van der Waals surface area (Å²) in [6.07, 6.45) is 6.54. The van der Waals surface area contributed by atoms with Crippen LogP contribution >= 0.6 is 11.8 Å². The highest BCUT2D eigenvalue weighted by atomic mass is 32.2. The number of nitrogens with zero attached hydrogens (tertiary/aromatic N) is 2. The predicted molar refractivity (Wildman–Crippen MR) is 94.3 cm³/mol. The first-order valence-electron chi connectivity index (χ1n) is 8.79. The van der Waals surface area contributed by atoms with Gasteiger partial charge >= 0.3 is 5.69 Å². The van der Waals surface area contributed by atoms with Crippen LogP contribution in [0, 0.1) is 0 Å². The van der Waals surface area contributed by atoms with Gasteiger partial charge in [-0.3, -0.25) is 9.36 Å². The van der Waals surface area contributed by atoms with Crippen molar-refractivity contribution in [2.45, 2.75) is 76.2 Å². The number of hydrogen-bond acceptors (Lipinski definition) is 5. The molecule has 1 aliphatic heterocycles. The number of hydrogen-bond donors (Lipinski definition) is 2. The molecule has 1 fully saturated rings. The Hall–Kier alpha value is -1.28. The van der Waals surface area contributed by atoms with E-state index in [1.807, 2.05) is 6.92 Å². The zero-order valence-electron chi connectivity index (χ0n) is 14.5. The molecule has 1 saturated heterocycles. The summed E-state index contributed by atoms with van der Waals surface area (Å²) in [4.78, 5) is 23.9. The Morgan fingerprint density at radius 1 is 1.54 bits per heavy atom. The van der Waals surface area contributed by atoms with E-state index in [-0.39, 0.29) is 29.5 Å². The summed E-state index contributed by atoms with van der Waals surface area (Å²) in [6.45, 7) is 5.44. The molecule has 24 heavy (non-hydrogen) atoms. The highest BCUT2D eigenvalue weighted by Crippen LogP contribution is 2.18. The number of ether oxygens (including phenoxy) is 1. The SMILES string of the molecule is CCCCCC(C)NC(=O)CSc1n[nH]c(=O)n1CC1CCCO1. The van der Waals surface area contributed by atoms with Crippen molar-refractivity contribution in [2.24, 2.45) is 0 Å². The molecule has 8 heteroatoms. The quantitative estimate of drug-likeness (QED) is 0.494. The standard InChI is InChI=1S/C16H28N4O3S/c1-3-4-5-7-12(2)17-14(21)11-24-16-19-18-15(22)20(16)10-13-8-6-9-23-13/h12-13H,3-11H2,1-2H3,(H,17,21)(H,18,22). The van der Waals surface area contributed by atoms with Gasteiger partial charge in [0.1, 0.15) is 0 Å². The first kappa shape index (κ1) is 19.1. The summed E-state index contributed by atoms with van der Waals surface area (Å²) in [5, 5.41) is 10.0. The average Bonchev–Trinajstić information content (AvgIpc) is 3.17. The monoisotopic (exact) mass is 356 g/mol. The lowest BCUT2D eigenvalue weighted by Crippen LogP contribution is -2.34. The zero-order chi connectivity index (χ0) is 17.4. The van der Waals surface area contributed by atoms with Crippen molar-refractivity contribution < 1.29 is 9.53 Å². The number of thioether (sulfide) groups is 1. The predicted octanol–water partition coefficient (Wildman–Crippen LogP) is 1.93. The maximum absolute atomic E-state index is 12.0. The summed E-state index contributed by atoms with van der Waals surface area (Å²) >= 11 is 1.28. The van der Waals surface area contributed by atoms with E-state index >= 15 is 0 Å². The van der Waals surface area contributed by atoms with Gasteiger partial charge in [-0.25, -0.2) is 9.89 Å². The second kappa shape index (κ2) is 9.88. The number of amides is 1. The van der Waals surface area contributed by atoms with E-state index < -0.39 is 0 Å². The average molecular weight is 356 g/mol. The fourth-order valence-corrected chi connectivity index (χ4v) is 3.55. The number of H-pyrrole nitrogens is 1. The normalized spacial score (nSPS) is 18.7. The minimum Gasteiger partial charge on any atom is -0.376 e. The van der Waals surface area contributed by atoms with Gasteiger partial charge in [-0.05, 0) is 26.2 Å². The maximum Gasteiger partial charge on any atom is 0.344 e. The van der Waals surface area contributed by atoms with Crippen LogP contribution in [0.25, 0.3) is 0 Å². The van der Waals surface area contributed by atoms with Crippen LogP contribution in [0.4, 0.5) is 0 Å². The van der Waals surface area contributed by atoms with Crippen LogP contribution in [0.5, 0.6) is 0 Å². The van der Waals surface area contributed by atoms with E-state index in [4.69, 9.17) is 4.74 Å². The topological polar surface area (TPSA) is 89.0 Å². The Kier molecular flexibility index (Phi) is 7.84. The molecule has 1 amide bonds. The number of carbonyl (C=O) groups is 1. The minimum atomic E-state index is -0.249. The molecule has 2 unspecified atom stereocenters. The molecule has 7 nitrogen and oxygen atoms in total. The molecule has 2 heterocycles. The third kappa shape index (κ3) is 5.98. The van der Waals surface area contributed by atoms with E-state index in [1.54, 1.807) is 4.57 Å². The molecule has 0 saturated carbocycles. The number of aromatic amines is 1. The van der Waals surface area contributed by atoms with Crippen molar-refractivity contribution in [2.75, 3.05) is 12.4 Å². The summed E-state index contributed by atoms with van der Waals surface area (Å²) in [6, 6.07) is 0.179. The van der Waals surface area contributed by atoms with E-state index in [9.17, 15) is 9.59 Å². The molecule has 0 aliphatic carbocycles. The number of carbonyl (C=O) groups excluding carboxylic acids is 1. The van der Waals surface area contributed by atoms with Gasteiger partial charge in [-0.15, -0.1) is 5.10 Å². The van der Waals surface area contributed by atoms with Crippen LogP contribution in [0.2, 0.25) is 0 Å². The third-order valence-corrected chi connectivity index (χ3v) is 5.09. The van der Waals surface area contributed by atoms with E-state index in [1.165, 1.54) is 24.6 Å². The van der Waals surface area contributed by atoms with Crippen molar-refractivity contribution in [3.05, 3.63) is 10.5 Å². The largest absolute Gasteiger partial charge is 0.376 e. The molecule has 2 N–H and O–H groups in total. The molecule has 0 bridgehead atoms. The third-order valence-electron chi connectivity index (χ3n) is 4.11. The summed E-state index contributed by atoms with van der Waals surface area (Å²) in [5.41, 5.74) is -0.249. The van der Waals surface area contributed by atoms with Crippen LogP contribution < -0.4 is 11.0 Å². The summed E-state index contributed by atoms with van der Waals surface area (Å²) in [5.74, 6) is 0.233. The highest BCUT2D eigenvalue weighted by Gasteiger charge is 2.20. The Morgan fingerprint density at radius 2 is 2.38 bits per heavy atom. The van der Waals surface area contributed by atoms with Crippen molar-refractivity contribution in [3.63, 3.8) is 0 Å². The van der Waals surface area contributed by atoms with Gasteiger partial charge in [-0.1, -0.05) is 37.9 Å². The van der Waals surface area contributed by atoms with Gasteiger partial charge < -0.3 is 10.1 Å². The second-order valence-corrected chi connectivity index (χ2v) is 7.25. The molecular formula is C16H28N4O3S. The van der Waals surface area contributed by atoms with Crippen molar-refractivity contribution in [1.82, 2.24) is 20.1 Å². The lowest BCUT2D eigenvalue weighted by atomic mass is 10.1. The van der Waals surface area contributed by atoms with E-state index in [2.05, 4.69) is 22.4 Å². The Balaban J connectivity index is 1.79. The second-order valence-electron chi connectivity index (χ2n) is 6.31. The van der Waals surface area contributed by atoms with Crippen LogP contribution in [-0.4, -0.2) is 45.2 Å². The molecule has 1 aromatic heterocycles. The zero-order valence-corrected chi connectivity index (χ0v) is 15.4. The Bertz CT molecular complexity index is 566. The van der Waals surface area contributed by atoms with Gasteiger partial charge in [0.2, 0.25) is 5.91 Å². The maximum atomic E-state index is 12.0. The van der Waals surface area contributed by atoms with Crippen LogP contribution in [0.3, 0.4) is 0 Å². The molecule has 0 radical (unpaired) electrons. The summed E-state index contributed by atoms with van der Waals surface area (Å²) in [7, 11) is 0. The van der Waals surface area contributed by atoms with Crippen LogP contribution in [-0.2, 0) is 16.1 Å². The molecule has 1 aliphatic rings. The lowest BCUT2D eigenvalue weighted by Gasteiger charge is -2.14. The smallest absolute Gasteiger partial charge is 0.344 e. The number of aromatic nitrogens is 3. The molecule has 2 atom stereocenters. The van der Waals surface area contributed by atoms with Crippen LogP contribution in [0.15, 0.2) is 9.95 Å². The number of unbranched alkanes of at least 4 members (excludes halogenated alkanes) is 2. The molecule has 1 aromatic rings. The van der Waals surface area contributed by atoms with Gasteiger partial charge in [0, 0.05) is 12.6 Å².